The minimum atomic E-state index is -0.176. The third kappa shape index (κ3) is 6.94. The molecule has 6 heteroatoms. The minimum absolute atomic E-state index is 0.0105. The lowest BCUT2D eigenvalue weighted by Crippen LogP contribution is -2.32. The van der Waals surface area contributed by atoms with Crippen LogP contribution < -0.4 is 0 Å². The van der Waals surface area contributed by atoms with E-state index in [1.807, 2.05) is 23.1 Å². The number of halogens is 1. The number of carbonyl (C=O) groups is 3. The number of allylic oxidation sites excluding steroid dienone is 1. The molecule has 0 radical (unpaired) electrons. The number of amides is 1. The summed E-state index contributed by atoms with van der Waals surface area (Å²) >= 11 is 3.37. The fourth-order valence-corrected chi connectivity index (χ4v) is 3.59. The van der Waals surface area contributed by atoms with Gasteiger partial charge in [0.15, 0.2) is 5.78 Å². The fraction of sp³-hybridized carbons (Fsp3) is 0.476. The molecule has 1 saturated heterocycles. The number of esters is 1. The standard InChI is InChI=1S/C21H26BrNO4/c1-27-21(26)9-4-2-3-5-14-23-18(11-13-20(23)25)10-12-19(24)16-7-6-8-17(22)15-16/h6-8,10,12,15,18H,2-5,9,11,13-14H2,1H3/b12-10+. The highest BCUT2D eigenvalue weighted by Crippen LogP contribution is 2.21. The van der Waals surface area contributed by atoms with Crippen molar-refractivity contribution in [2.45, 2.75) is 51.0 Å². The first-order chi connectivity index (χ1) is 13.0. The van der Waals surface area contributed by atoms with Crippen LogP contribution in [0.15, 0.2) is 40.9 Å². The molecule has 2 rings (SSSR count). The summed E-state index contributed by atoms with van der Waals surface area (Å²) in [6, 6.07) is 7.27. The van der Waals surface area contributed by atoms with Crippen molar-refractivity contribution in [1.29, 1.82) is 0 Å². The monoisotopic (exact) mass is 435 g/mol. The van der Waals surface area contributed by atoms with Crippen molar-refractivity contribution in [3.05, 3.63) is 46.5 Å². The highest BCUT2D eigenvalue weighted by molar-refractivity contribution is 9.10. The molecule has 146 valence electrons. The molecule has 0 saturated carbocycles. The molecule has 1 unspecified atom stereocenters. The predicted octanol–water partition coefficient (Wildman–Crippen LogP) is 4.30. The average Bonchev–Trinajstić information content (AvgIpc) is 3.02. The van der Waals surface area contributed by atoms with Crippen LogP contribution in [0.1, 0.15) is 55.3 Å². The first-order valence-electron chi connectivity index (χ1n) is 9.35. The SMILES string of the molecule is COC(=O)CCCCCCN1C(=O)CCC1/C=C/C(=O)c1cccc(Br)c1. The number of unbranched alkanes of at least 4 members (excludes halogenated alkanes) is 3. The Morgan fingerprint density at radius 2 is 2.04 bits per heavy atom. The number of nitrogens with zero attached hydrogens (tertiary/aromatic N) is 1. The van der Waals surface area contributed by atoms with Crippen LogP contribution in [0.4, 0.5) is 0 Å². The number of ether oxygens (including phenoxy) is 1. The summed E-state index contributed by atoms with van der Waals surface area (Å²) in [7, 11) is 1.40. The number of hydrogen-bond donors (Lipinski definition) is 0. The van der Waals surface area contributed by atoms with Crippen molar-refractivity contribution in [1.82, 2.24) is 4.90 Å². The van der Waals surface area contributed by atoms with Crippen molar-refractivity contribution in [2.24, 2.45) is 0 Å². The normalized spacial score (nSPS) is 16.9. The molecule has 5 nitrogen and oxygen atoms in total. The molecule has 1 amide bonds. The predicted molar refractivity (Wildman–Crippen MR) is 107 cm³/mol. The molecular weight excluding hydrogens is 410 g/mol. The van der Waals surface area contributed by atoms with Gasteiger partial charge in [0.2, 0.25) is 5.91 Å². The molecule has 1 fully saturated rings. The van der Waals surface area contributed by atoms with Crippen LogP contribution in [-0.2, 0) is 14.3 Å². The van der Waals surface area contributed by atoms with Gasteiger partial charge in [0.05, 0.1) is 13.2 Å². The van der Waals surface area contributed by atoms with Crippen LogP contribution in [0.2, 0.25) is 0 Å². The summed E-state index contributed by atoms with van der Waals surface area (Å²) in [6.45, 7) is 0.692. The highest BCUT2D eigenvalue weighted by Gasteiger charge is 2.28. The molecule has 1 aromatic rings. The lowest BCUT2D eigenvalue weighted by atomic mass is 10.1. The van der Waals surface area contributed by atoms with E-state index in [9.17, 15) is 14.4 Å². The van der Waals surface area contributed by atoms with Crippen LogP contribution in [0.5, 0.6) is 0 Å². The Hall–Kier alpha value is -1.95. The zero-order chi connectivity index (χ0) is 19.6. The van der Waals surface area contributed by atoms with E-state index >= 15 is 0 Å². The third-order valence-electron chi connectivity index (χ3n) is 4.71. The molecule has 1 atom stereocenters. The van der Waals surface area contributed by atoms with Gasteiger partial charge < -0.3 is 9.64 Å². The zero-order valence-corrected chi connectivity index (χ0v) is 17.2. The van der Waals surface area contributed by atoms with Crippen LogP contribution in [0.25, 0.3) is 0 Å². The summed E-state index contributed by atoms with van der Waals surface area (Å²) in [4.78, 5) is 37.4. The van der Waals surface area contributed by atoms with E-state index in [1.165, 1.54) is 7.11 Å². The average molecular weight is 436 g/mol. The summed E-state index contributed by atoms with van der Waals surface area (Å²) in [5.74, 6) is -0.0856. The first-order valence-corrected chi connectivity index (χ1v) is 10.1. The molecule has 1 aliphatic rings. The van der Waals surface area contributed by atoms with Crippen molar-refractivity contribution in [2.75, 3.05) is 13.7 Å². The summed E-state index contributed by atoms with van der Waals surface area (Å²) in [5.41, 5.74) is 0.627. The van der Waals surface area contributed by atoms with E-state index in [0.29, 0.717) is 24.9 Å². The smallest absolute Gasteiger partial charge is 0.305 e. The molecule has 0 aliphatic carbocycles. The number of benzene rings is 1. The van der Waals surface area contributed by atoms with E-state index in [2.05, 4.69) is 20.7 Å². The Morgan fingerprint density at radius 3 is 2.78 bits per heavy atom. The molecule has 1 aromatic carbocycles. The van der Waals surface area contributed by atoms with E-state index in [4.69, 9.17) is 0 Å². The lowest BCUT2D eigenvalue weighted by molar-refractivity contribution is -0.140. The van der Waals surface area contributed by atoms with Gasteiger partial charge in [0.25, 0.3) is 0 Å². The van der Waals surface area contributed by atoms with Gasteiger partial charge in [-0.15, -0.1) is 0 Å². The maximum Gasteiger partial charge on any atom is 0.305 e. The molecule has 0 spiro atoms. The molecule has 0 N–H and O–H groups in total. The second kappa shape index (κ2) is 11.0. The maximum absolute atomic E-state index is 12.3. The van der Waals surface area contributed by atoms with Crippen LogP contribution in [0.3, 0.4) is 0 Å². The summed E-state index contributed by atoms with van der Waals surface area (Å²) < 4.78 is 5.49. The minimum Gasteiger partial charge on any atom is -0.469 e. The molecule has 1 aliphatic heterocycles. The van der Waals surface area contributed by atoms with Crippen LogP contribution in [0, 0.1) is 0 Å². The number of methoxy groups -OCH3 is 1. The van der Waals surface area contributed by atoms with Gasteiger partial charge in [-0.05, 0) is 37.5 Å². The van der Waals surface area contributed by atoms with Gasteiger partial charge in [-0.3, -0.25) is 14.4 Å². The number of hydrogen-bond acceptors (Lipinski definition) is 4. The molecule has 0 aromatic heterocycles. The number of rotatable bonds is 10. The topological polar surface area (TPSA) is 63.7 Å². The largest absolute Gasteiger partial charge is 0.469 e. The Labute approximate surface area is 168 Å². The van der Waals surface area contributed by atoms with Gasteiger partial charge in [-0.1, -0.05) is 47.0 Å². The van der Waals surface area contributed by atoms with Gasteiger partial charge in [0, 0.05) is 29.4 Å². The van der Waals surface area contributed by atoms with Crippen LogP contribution in [-0.4, -0.2) is 42.3 Å². The summed E-state index contributed by atoms with van der Waals surface area (Å²) in [6.07, 6.45) is 8.78. The Kier molecular flexibility index (Phi) is 8.72. The summed E-state index contributed by atoms with van der Waals surface area (Å²) in [5, 5.41) is 0. The van der Waals surface area contributed by atoms with Gasteiger partial charge in [-0.2, -0.15) is 0 Å². The van der Waals surface area contributed by atoms with Gasteiger partial charge in [-0.25, -0.2) is 0 Å². The van der Waals surface area contributed by atoms with E-state index in [-0.39, 0.29) is 23.7 Å². The van der Waals surface area contributed by atoms with Crippen molar-refractivity contribution >= 4 is 33.6 Å². The number of likely N-dealkylation sites (tertiary alicyclic amines) is 1. The number of carbonyl (C=O) groups excluding carboxylic acids is 3. The first kappa shape index (κ1) is 21.4. The van der Waals surface area contributed by atoms with E-state index < -0.39 is 0 Å². The maximum atomic E-state index is 12.3. The molecule has 27 heavy (non-hydrogen) atoms. The molecule has 0 bridgehead atoms. The second-order valence-electron chi connectivity index (χ2n) is 6.67. The third-order valence-corrected chi connectivity index (χ3v) is 5.20. The Bertz CT molecular complexity index is 701. The Balaban J connectivity index is 1.79. The highest BCUT2D eigenvalue weighted by atomic mass is 79.9. The zero-order valence-electron chi connectivity index (χ0n) is 15.7. The quantitative estimate of drug-likeness (QED) is 0.237. The van der Waals surface area contributed by atoms with Gasteiger partial charge in [0.1, 0.15) is 0 Å². The van der Waals surface area contributed by atoms with Crippen molar-refractivity contribution in [3.8, 4) is 0 Å². The Morgan fingerprint density at radius 1 is 1.26 bits per heavy atom. The van der Waals surface area contributed by atoms with Crippen LogP contribution >= 0.6 is 15.9 Å². The number of ketones is 1. The molecular formula is C21H26BrNO4. The molecule has 1 heterocycles. The van der Waals surface area contributed by atoms with Gasteiger partial charge >= 0.3 is 5.97 Å². The van der Waals surface area contributed by atoms with Crippen molar-refractivity contribution < 1.29 is 19.1 Å². The van der Waals surface area contributed by atoms with E-state index in [1.54, 1.807) is 18.2 Å². The fourth-order valence-electron chi connectivity index (χ4n) is 3.19. The van der Waals surface area contributed by atoms with E-state index in [0.717, 1.165) is 36.6 Å². The van der Waals surface area contributed by atoms with Crippen molar-refractivity contribution in [3.63, 3.8) is 0 Å². The second-order valence-corrected chi connectivity index (χ2v) is 7.58. The lowest BCUT2D eigenvalue weighted by Gasteiger charge is -2.22.